The number of benzene rings is 1. The number of nitrogens with one attached hydrogen (secondary N) is 1. The fourth-order valence-electron chi connectivity index (χ4n) is 2.97. The smallest absolute Gasteiger partial charge is 0.263 e. The van der Waals surface area contributed by atoms with E-state index in [9.17, 15) is 9.59 Å². The van der Waals surface area contributed by atoms with Gasteiger partial charge in [-0.3, -0.25) is 14.2 Å². The average molecular weight is 488 g/mol. The Hall–Kier alpha value is -2.07. The lowest BCUT2D eigenvalue weighted by Gasteiger charge is -2.08. The molecule has 0 saturated carbocycles. The van der Waals surface area contributed by atoms with Crippen molar-refractivity contribution >= 4 is 62.3 Å². The lowest BCUT2D eigenvalue weighted by Crippen LogP contribution is -2.28. The Labute approximate surface area is 196 Å². The summed E-state index contributed by atoms with van der Waals surface area (Å²) in [6.07, 6.45) is 0. The predicted octanol–water partition coefficient (Wildman–Crippen LogP) is 5.03. The first-order valence-electron chi connectivity index (χ1n) is 9.64. The second-order valence-electron chi connectivity index (χ2n) is 6.87. The second kappa shape index (κ2) is 10.0. The zero-order valence-corrected chi connectivity index (χ0v) is 20.4. The van der Waals surface area contributed by atoms with Crippen LogP contribution in [0.25, 0.3) is 20.7 Å². The van der Waals surface area contributed by atoms with Crippen molar-refractivity contribution in [2.75, 3.05) is 18.1 Å². The van der Waals surface area contributed by atoms with Crippen molar-refractivity contribution in [2.24, 2.45) is 7.05 Å². The standard InChI is InChI=1S/C22H21N3O2S4/c1-14-5-7-15(8-6-14)28-11-9-23-18(26)13-31-22-24-20-19(21(27)25(22)2)16(12-30-20)17-4-3-10-29-17/h3-8,10,12H,9,11,13H2,1-2H3,(H,23,26). The van der Waals surface area contributed by atoms with Crippen molar-refractivity contribution in [3.05, 3.63) is 63.1 Å². The monoisotopic (exact) mass is 487 g/mol. The van der Waals surface area contributed by atoms with E-state index in [2.05, 4.69) is 41.5 Å². The highest BCUT2D eigenvalue weighted by atomic mass is 32.2. The van der Waals surface area contributed by atoms with Crippen LogP contribution in [-0.4, -0.2) is 33.5 Å². The summed E-state index contributed by atoms with van der Waals surface area (Å²) >= 11 is 6.08. The van der Waals surface area contributed by atoms with Crippen LogP contribution in [-0.2, 0) is 11.8 Å². The molecular formula is C22H21N3O2S4. The highest BCUT2D eigenvalue weighted by molar-refractivity contribution is 7.99. The highest BCUT2D eigenvalue weighted by Gasteiger charge is 2.16. The zero-order chi connectivity index (χ0) is 21.8. The van der Waals surface area contributed by atoms with Crippen LogP contribution in [0.3, 0.4) is 0 Å². The summed E-state index contributed by atoms with van der Waals surface area (Å²) in [6.45, 7) is 2.66. The molecule has 1 amide bonds. The molecule has 1 N–H and O–H groups in total. The van der Waals surface area contributed by atoms with Crippen molar-refractivity contribution in [1.29, 1.82) is 0 Å². The normalized spacial score (nSPS) is 11.2. The third-order valence-electron chi connectivity index (χ3n) is 4.61. The molecule has 0 aliphatic carbocycles. The first-order chi connectivity index (χ1) is 15.0. The van der Waals surface area contributed by atoms with Crippen LogP contribution in [0, 0.1) is 6.92 Å². The molecule has 4 aromatic rings. The van der Waals surface area contributed by atoms with Crippen molar-refractivity contribution < 1.29 is 4.79 Å². The zero-order valence-electron chi connectivity index (χ0n) is 17.1. The topological polar surface area (TPSA) is 64.0 Å². The SMILES string of the molecule is Cc1ccc(SCCNC(=O)CSc2nc3scc(-c4cccs4)c3c(=O)n2C)cc1. The van der Waals surface area contributed by atoms with Gasteiger partial charge in [-0.1, -0.05) is 35.5 Å². The van der Waals surface area contributed by atoms with E-state index in [1.54, 1.807) is 30.1 Å². The van der Waals surface area contributed by atoms with Crippen molar-refractivity contribution in [2.45, 2.75) is 17.0 Å². The van der Waals surface area contributed by atoms with Gasteiger partial charge < -0.3 is 5.32 Å². The van der Waals surface area contributed by atoms with E-state index < -0.39 is 0 Å². The van der Waals surface area contributed by atoms with Crippen LogP contribution < -0.4 is 10.9 Å². The molecule has 9 heteroatoms. The van der Waals surface area contributed by atoms with Crippen LogP contribution in [0.15, 0.2) is 62.0 Å². The molecule has 0 atom stereocenters. The molecule has 4 rings (SSSR count). The number of hydrogen-bond donors (Lipinski definition) is 1. The quantitative estimate of drug-likeness (QED) is 0.214. The van der Waals surface area contributed by atoms with Crippen molar-refractivity contribution in [1.82, 2.24) is 14.9 Å². The van der Waals surface area contributed by atoms with E-state index in [0.29, 0.717) is 21.9 Å². The molecule has 0 unspecified atom stereocenters. The third-order valence-corrected chi connectivity index (χ3v) is 8.43. The summed E-state index contributed by atoms with van der Waals surface area (Å²) in [6, 6.07) is 12.3. The van der Waals surface area contributed by atoms with Gasteiger partial charge in [-0.15, -0.1) is 34.4 Å². The number of carbonyl (C=O) groups is 1. The number of thiophene rings is 2. The number of aromatic nitrogens is 2. The minimum absolute atomic E-state index is 0.0608. The molecule has 0 spiro atoms. The number of fused-ring (bicyclic) bond motifs is 1. The van der Waals surface area contributed by atoms with Crippen LogP contribution in [0.4, 0.5) is 0 Å². The Morgan fingerprint density at radius 2 is 1.97 bits per heavy atom. The molecule has 3 heterocycles. The Morgan fingerprint density at radius 1 is 1.16 bits per heavy atom. The van der Waals surface area contributed by atoms with E-state index in [4.69, 9.17) is 0 Å². The van der Waals surface area contributed by atoms with Crippen LogP contribution in [0.1, 0.15) is 5.56 Å². The molecule has 160 valence electrons. The van der Waals surface area contributed by atoms with Gasteiger partial charge in [0.1, 0.15) is 4.83 Å². The van der Waals surface area contributed by atoms with Gasteiger partial charge in [0.25, 0.3) is 5.56 Å². The molecule has 0 fully saturated rings. The molecule has 0 saturated heterocycles. The van der Waals surface area contributed by atoms with E-state index in [1.807, 2.05) is 22.9 Å². The van der Waals surface area contributed by atoms with Gasteiger partial charge in [-0.2, -0.15) is 0 Å². The second-order valence-corrected chi connectivity index (χ2v) is 10.8. The molecule has 0 bridgehead atoms. The lowest BCUT2D eigenvalue weighted by atomic mass is 10.2. The van der Waals surface area contributed by atoms with Crippen molar-refractivity contribution in [3.8, 4) is 10.4 Å². The van der Waals surface area contributed by atoms with Gasteiger partial charge in [-0.25, -0.2) is 4.98 Å². The molecule has 0 radical (unpaired) electrons. The molecule has 31 heavy (non-hydrogen) atoms. The number of rotatable bonds is 8. The fourth-order valence-corrected chi connectivity index (χ4v) is 6.34. The molecular weight excluding hydrogens is 467 g/mol. The minimum Gasteiger partial charge on any atom is -0.355 e. The Morgan fingerprint density at radius 3 is 2.71 bits per heavy atom. The maximum atomic E-state index is 13.0. The van der Waals surface area contributed by atoms with E-state index in [1.165, 1.54) is 38.1 Å². The largest absolute Gasteiger partial charge is 0.355 e. The number of thioether (sulfide) groups is 2. The summed E-state index contributed by atoms with van der Waals surface area (Å²) in [5, 5.41) is 8.13. The van der Waals surface area contributed by atoms with Crippen LogP contribution in [0.5, 0.6) is 0 Å². The maximum absolute atomic E-state index is 13.0. The van der Waals surface area contributed by atoms with Gasteiger partial charge in [0.2, 0.25) is 5.91 Å². The van der Waals surface area contributed by atoms with Crippen molar-refractivity contribution in [3.63, 3.8) is 0 Å². The maximum Gasteiger partial charge on any atom is 0.263 e. The Kier molecular flexibility index (Phi) is 7.16. The van der Waals surface area contributed by atoms with Gasteiger partial charge in [0.15, 0.2) is 5.16 Å². The first-order valence-corrected chi connectivity index (χ1v) is 13.4. The predicted molar refractivity (Wildman–Crippen MR) is 134 cm³/mol. The lowest BCUT2D eigenvalue weighted by molar-refractivity contribution is -0.118. The molecule has 3 aromatic heterocycles. The number of aryl methyl sites for hydroxylation is 1. The van der Waals surface area contributed by atoms with Gasteiger partial charge >= 0.3 is 0 Å². The average Bonchev–Trinajstić information content (AvgIpc) is 3.44. The Balaban J connectivity index is 1.34. The molecule has 0 aliphatic rings. The number of nitrogens with zero attached hydrogens (tertiary/aromatic N) is 2. The molecule has 1 aromatic carbocycles. The van der Waals surface area contributed by atoms with Crippen LogP contribution in [0.2, 0.25) is 0 Å². The summed E-state index contributed by atoms with van der Waals surface area (Å²) in [5.41, 5.74) is 2.09. The summed E-state index contributed by atoms with van der Waals surface area (Å²) < 4.78 is 1.54. The Bertz CT molecular complexity index is 1240. The highest BCUT2D eigenvalue weighted by Crippen LogP contribution is 2.34. The van der Waals surface area contributed by atoms with Gasteiger partial charge in [-0.05, 0) is 30.5 Å². The van der Waals surface area contributed by atoms with Gasteiger partial charge in [0, 0.05) is 40.1 Å². The minimum atomic E-state index is -0.0768. The first kappa shape index (κ1) is 22.1. The van der Waals surface area contributed by atoms with E-state index in [0.717, 1.165) is 16.2 Å². The molecule has 5 nitrogen and oxygen atoms in total. The third kappa shape index (κ3) is 5.23. The van der Waals surface area contributed by atoms with E-state index in [-0.39, 0.29) is 17.2 Å². The fraction of sp³-hybridized carbons (Fsp3) is 0.227. The summed E-state index contributed by atoms with van der Waals surface area (Å²) in [7, 11) is 1.71. The molecule has 0 aliphatic heterocycles. The van der Waals surface area contributed by atoms with Crippen LogP contribution >= 0.6 is 46.2 Å². The number of carbonyl (C=O) groups excluding carboxylic acids is 1. The van der Waals surface area contributed by atoms with Gasteiger partial charge in [0.05, 0.1) is 11.1 Å². The van der Waals surface area contributed by atoms with E-state index >= 15 is 0 Å². The number of hydrogen-bond acceptors (Lipinski definition) is 7. The summed E-state index contributed by atoms with van der Waals surface area (Å²) in [4.78, 5) is 32.8. The number of amides is 1. The summed E-state index contributed by atoms with van der Waals surface area (Å²) in [5.74, 6) is 0.974.